The molecular formula is C16H18N2O3. The zero-order valence-electron chi connectivity index (χ0n) is 12.0. The van der Waals surface area contributed by atoms with Crippen LogP contribution in [0.2, 0.25) is 0 Å². The second-order valence-electron chi connectivity index (χ2n) is 5.32. The van der Waals surface area contributed by atoms with Crippen molar-refractivity contribution in [1.82, 2.24) is 10.2 Å². The van der Waals surface area contributed by atoms with Gasteiger partial charge < -0.3 is 14.6 Å². The number of rotatable bonds is 3. The Bertz CT molecular complexity index is 684. The number of likely N-dealkylation sites (tertiary alicyclic amines) is 1. The molecule has 1 aromatic heterocycles. The molecule has 2 heterocycles. The van der Waals surface area contributed by atoms with Gasteiger partial charge >= 0.3 is 0 Å². The van der Waals surface area contributed by atoms with Crippen molar-refractivity contribution in [3.63, 3.8) is 0 Å². The van der Waals surface area contributed by atoms with Crippen molar-refractivity contribution in [3.8, 4) is 0 Å². The van der Waals surface area contributed by atoms with Gasteiger partial charge in [0, 0.05) is 24.0 Å². The fourth-order valence-electron chi connectivity index (χ4n) is 2.71. The third-order valence-corrected chi connectivity index (χ3v) is 3.91. The molecule has 0 spiro atoms. The van der Waals surface area contributed by atoms with Gasteiger partial charge in [0.05, 0.1) is 6.54 Å². The van der Waals surface area contributed by atoms with Crippen molar-refractivity contribution in [1.29, 1.82) is 0 Å². The average molecular weight is 286 g/mol. The summed E-state index contributed by atoms with van der Waals surface area (Å²) in [5, 5.41) is 3.58. The summed E-state index contributed by atoms with van der Waals surface area (Å²) >= 11 is 0. The van der Waals surface area contributed by atoms with Gasteiger partial charge in [0.15, 0.2) is 5.76 Å². The second-order valence-corrected chi connectivity index (χ2v) is 5.32. The Labute approximate surface area is 122 Å². The van der Waals surface area contributed by atoms with Gasteiger partial charge in [-0.15, -0.1) is 0 Å². The first-order chi connectivity index (χ1) is 10.2. The highest BCUT2D eigenvalue weighted by Crippen LogP contribution is 2.24. The van der Waals surface area contributed by atoms with Gasteiger partial charge in [-0.2, -0.15) is 0 Å². The number of para-hydroxylation sites is 1. The number of carbonyl (C=O) groups is 2. The number of amides is 2. The SMILES string of the molecule is Cc1c(C(=O)NCC(=O)N2CCCC2)oc2ccccc12. The van der Waals surface area contributed by atoms with Crippen molar-refractivity contribution in [2.75, 3.05) is 19.6 Å². The molecule has 3 rings (SSSR count). The maximum atomic E-state index is 12.2. The lowest BCUT2D eigenvalue weighted by Gasteiger charge is -2.15. The Balaban J connectivity index is 1.69. The zero-order chi connectivity index (χ0) is 14.8. The number of hydrogen-bond acceptors (Lipinski definition) is 3. The molecule has 1 aromatic carbocycles. The molecule has 0 saturated carbocycles. The average Bonchev–Trinajstić information content (AvgIpc) is 3.13. The third kappa shape index (κ3) is 2.63. The maximum Gasteiger partial charge on any atom is 0.287 e. The number of aryl methyl sites for hydroxylation is 1. The first-order valence-corrected chi connectivity index (χ1v) is 7.21. The molecule has 0 aliphatic carbocycles. The summed E-state index contributed by atoms with van der Waals surface area (Å²) in [6.07, 6.45) is 2.09. The van der Waals surface area contributed by atoms with E-state index in [0.717, 1.165) is 36.9 Å². The van der Waals surface area contributed by atoms with E-state index in [2.05, 4.69) is 5.32 Å². The minimum atomic E-state index is -0.337. The largest absolute Gasteiger partial charge is 0.451 e. The summed E-state index contributed by atoms with van der Waals surface area (Å²) in [6, 6.07) is 7.52. The Kier molecular flexibility index (Phi) is 3.64. The summed E-state index contributed by atoms with van der Waals surface area (Å²) in [5.74, 6) is -0.0868. The molecule has 0 radical (unpaired) electrons. The summed E-state index contributed by atoms with van der Waals surface area (Å²) in [6.45, 7) is 3.45. The van der Waals surface area contributed by atoms with Gasteiger partial charge in [0.2, 0.25) is 5.91 Å². The van der Waals surface area contributed by atoms with Crippen LogP contribution in [0.25, 0.3) is 11.0 Å². The Morgan fingerprint density at radius 3 is 2.67 bits per heavy atom. The quantitative estimate of drug-likeness (QED) is 0.939. The molecule has 1 saturated heterocycles. The fourth-order valence-corrected chi connectivity index (χ4v) is 2.71. The van der Waals surface area contributed by atoms with E-state index >= 15 is 0 Å². The topological polar surface area (TPSA) is 62.6 Å². The smallest absolute Gasteiger partial charge is 0.287 e. The highest BCUT2D eigenvalue weighted by molar-refractivity contribution is 6.00. The lowest BCUT2D eigenvalue weighted by atomic mass is 10.1. The predicted octanol–water partition coefficient (Wildman–Crippen LogP) is 2.09. The molecule has 5 heteroatoms. The van der Waals surface area contributed by atoms with Gasteiger partial charge in [-0.1, -0.05) is 18.2 Å². The van der Waals surface area contributed by atoms with Gasteiger partial charge in [0.1, 0.15) is 5.58 Å². The molecule has 1 fully saturated rings. The van der Waals surface area contributed by atoms with Crippen molar-refractivity contribution >= 4 is 22.8 Å². The number of hydrogen-bond donors (Lipinski definition) is 1. The minimum absolute atomic E-state index is 0.0231. The van der Waals surface area contributed by atoms with Crippen LogP contribution in [0, 0.1) is 6.92 Å². The van der Waals surface area contributed by atoms with Crippen molar-refractivity contribution in [2.45, 2.75) is 19.8 Å². The number of nitrogens with one attached hydrogen (secondary N) is 1. The molecule has 1 aliphatic heterocycles. The fraction of sp³-hybridized carbons (Fsp3) is 0.375. The van der Waals surface area contributed by atoms with E-state index in [1.807, 2.05) is 31.2 Å². The van der Waals surface area contributed by atoms with E-state index in [4.69, 9.17) is 4.42 Å². The van der Waals surface area contributed by atoms with Gasteiger partial charge in [-0.3, -0.25) is 9.59 Å². The van der Waals surface area contributed by atoms with E-state index in [1.54, 1.807) is 4.90 Å². The normalized spacial score (nSPS) is 14.6. The third-order valence-electron chi connectivity index (χ3n) is 3.91. The van der Waals surface area contributed by atoms with Crippen LogP contribution < -0.4 is 5.32 Å². The molecule has 2 amide bonds. The molecular weight excluding hydrogens is 268 g/mol. The highest BCUT2D eigenvalue weighted by atomic mass is 16.3. The summed E-state index contributed by atoms with van der Waals surface area (Å²) in [7, 11) is 0. The molecule has 0 bridgehead atoms. The maximum absolute atomic E-state index is 12.2. The first-order valence-electron chi connectivity index (χ1n) is 7.21. The molecule has 2 aromatic rings. The standard InChI is InChI=1S/C16H18N2O3/c1-11-12-6-2-3-7-13(12)21-15(11)16(20)17-10-14(19)18-8-4-5-9-18/h2-3,6-7H,4-5,8-10H2,1H3,(H,17,20). The summed E-state index contributed by atoms with van der Waals surface area (Å²) in [5.41, 5.74) is 1.49. The van der Waals surface area contributed by atoms with E-state index in [1.165, 1.54) is 0 Å². The van der Waals surface area contributed by atoms with Crippen LogP contribution in [-0.2, 0) is 4.79 Å². The summed E-state index contributed by atoms with van der Waals surface area (Å²) in [4.78, 5) is 25.9. The number of fused-ring (bicyclic) bond motifs is 1. The second kappa shape index (κ2) is 5.60. The molecule has 0 atom stereocenters. The van der Waals surface area contributed by atoms with Crippen LogP contribution in [0.5, 0.6) is 0 Å². The lowest BCUT2D eigenvalue weighted by molar-refractivity contribution is -0.129. The van der Waals surface area contributed by atoms with Crippen molar-refractivity contribution < 1.29 is 14.0 Å². The predicted molar refractivity (Wildman–Crippen MR) is 79.1 cm³/mol. The molecule has 1 N–H and O–H groups in total. The van der Waals surface area contributed by atoms with Crippen LogP contribution >= 0.6 is 0 Å². The van der Waals surface area contributed by atoms with Gasteiger partial charge in [0.25, 0.3) is 5.91 Å². The van der Waals surface area contributed by atoms with Crippen LogP contribution in [-0.4, -0.2) is 36.3 Å². The zero-order valence-corrected chi connectivity index (χ0v) is 12.0. The number of furan rings is 1. The number of benzene rings is 1. The Morgan fingerprint density at radius 2 is 1.95 bits per heavy atom. The molecule has 110 valence electrons. The first kappa shape index (κ1) is 13.7. The molecule has 1 aliphatic rings. The van der Waals surface area contributed by atoms with E-state index in [9.17, 15) is 9.59 Å². The Hall–Kier alpha value is -2.30. The highest BCUT2D eigenvalue weighted by Gasteiger charge is 2.21. The summed E-state index contributed by atoms with van der Waals surface area (Å²) < 4.78 is 5.58. The van der Waals surface area contributed by atoms with E-state index in [0.29, 0.717) is 5.58 Å². The lowest BCUT2D eigenvalue weighted by Crippen LogP contribution is -2.38. The van der Waals surface area contributed by atoms with Crippen molar-refractivity contribution in [2.24, 2.45) is 0 Å². The van der Waals surface area contributed by atoms with Crippen LogP contribution in [0.3, 0.4) is 0 Å². The van der Waals surface area contributed by atoms with Crippen molar-refractivity contribution in [3.05, 3.63) is 35.6 Å². The minimum Gasteiger partial charge on any atom is -0.451 e. The number of nitrogens with zero attached hydrogens (tertiary/aromatic N) is 1. The van der Waals surface area contributed by atoms with Gasteiger partial charge in [-0.25, -0.2) is 0 Å². The molecule has 0 unspecified atom stereocenters. The van der Waals surface area contributed by atoms with Crippen LogP contribution in [0.15, 0.2) is 28.7 Å². The number of carbonyl (C=O) groups excluding carboxylic acids is 2. The molecule has 21 heavy (non-hydrogen) atoms. The van der Waals surface area contributed by atoms with Crippen LogP contribution in [0.1, 0.15) is 29.0 Å². The van der Waals surface area contributed by atoms with E-state index < -0.39 is 0 Å². The monoisotopic (exact) mass is 286 g/mol. The molecule has 5 nitrogen and oxygen atoms in total. The van der Waals surface area contributed by atoms with Crippen LogP contribution in [0.4, 0.5) is 0 Å². The Morgan fingerprint density at radius 1 is 1.24 bits per heavy atom. The van der Waals surface area contributed by atoms with Gasteiger partial charge in [-0.05, 0) is 25.8 Å². The van der Waals surface area contributed by atoms with E-state index in [-0.39, 0.29) is 24.1 Å².